The van der Waals surface area contributed by atoms with Crippen LogP contribution in [0.1, 0.15) is 36.0 Å². The van der Waals surface area contributed by atoms with Crippen molar-refractivity contribution >= 4 is 35.8 Å². The molecular weight excluding hydrogens is 425 g/mol. The van der Waals surface area contributed by atoms with Gasteiger partial charge in [-0.1, -0.05) is 41.4 Å². The summed E-state index contributed by atoms with van der Waals surface area (Å²) in [6.07, 6.45) is 0.589. The quantitative estimate of drug-likeness (QED) is 0.628. The summed E-state index contributed by atoms with van der Waals surface area (Å²) in [5.41, 5.74) is 8.47. The monoisotopic (exact) mass is 451 g/mol. The number of carbonyl (C=O) groups is 2. The molecule has 0 bridgehead atoms. The zero-order chi connectivity index (χ0) is 21.1. The Morgan fingerprint density at radius 1 is 1.30 bits per heavy atom. The molecule has 0 radical (unpaired) electrons. The van der Waals surface area contributed by atoms with Crippen LogP contribution in [0.5, 0.6) is 5.75 Å². The lowest BCUT2D eigenvalue weighted by Crippen LogP contribution is -2.51. The van der Waals surface area contributed by atoms with Gasteiger partial charge in [-0.05, 0) is 49.9 Å². The number of nitrogens with one attached hydrogen (secondary N) is 1. The zero-order valence-corrected chi connectivity index (χ0v) is 18.5. The van der Waals surface area contributed by atoms with Gasteiger partial charge in [-0.25, -0.2) is 0 Å². The van der Waals surface area contributed by atoms with Gasteiger partial charge in [-0.15, -0.1) is 12.4 Å². The Balaban J connectivity index is 0.00000320. The molecule has 162 valence electrons. The number of aryl methyl sites for hydroxylation is 1. The summed E-state index contributed by atoms with van der Waals surface area (Å²) < 4.78 is 0. The highest BCUT2D eigenvalue weighted by Crippen LogP contribution is 2.33. The van der Waals surface area contributed by atoms with E-state index in [0.29, 0.717) is 23.6 Å². The average molecular weight is 452 g/mol. The molecule has 3 atom stereocenters. The number of hydrogen-bond donors (Lipinski definition) is 3. The molecular formula is C22H27Cl2N3O3. The van der Waals surface area contributed by atoms with E-state index >= 15 is 0 Å². The van der Waals surface area contributed by atoms with Gasteiger partial charge in [0.05, 0.1) is 12.1 Å². The van der Waals surface area contributed by atoms with Crippen molar-refractivity contribution in [2.24, 2.45) is 5.73 Å². The van der Waals surface area contributed by atoms with E-state index in [9.17, 15) is 14.7 Å². The van der Waals surface area contributed by atoms with Gasteiger partial charge < -0.3 is 16.2 Å². The first-order valence-corrected chi connectivity index (χ1v) is 10.0. The van der Waals surface area contributed by atoms with Crippen molar-refractivity contribution in [3.05, 3.63) is 64.2 Å². The maximum atomic E-state index is 12.7. The summed E-state index contributed by atoms with van der Waals surface area (Å²) in [6.45, 7) is 4.52. The van der Waals surface area contributed by atoms with Crippen LogP contribution < -0.4 is 11.1 Å². The first kappa shape index (κ1) is 24.0. The molecule has 8 heteroatoms. The summed E-state index contributed by atoms with van der Waals surface area (Å²) in [5.74, 6) is -0.453. The van der Waals surface area contributed by atoms with Crippen molar-refractivity contribution in [1.82, 2.24) is 10.2 Å². The molecule has 1 aliphatic rings. The SMILES string of the molecule is Cc1cccc(C2CC(C(N)=O)N([C@@H](C)C(=O)NCc3cc(Cl)ccc3O)C2)c1.Cl. The fourth-order valence-corrected chi connectivity index (χ4v) is 4.11. The second kappa shape index (κ2) is 10.2. The molecule has 1 fully saturated rings. The lowest BCUT2D eigenvalue weighted by atomic mass is 9.95. The van der Waals surface area contributed by atoms with Crippen LogP contribution in [0.4, 0.5) is 0 Å². The number of phenols is 1. The predicted octanol–water partition coefficient (Wildman–Crippen LogP) is 3.12. The molecule has 1 saturated heterocycles. The van der Waals surface area contributed by atoms with Crippen LogP contribution in [0.15, 0.2) is 42.5 Å². The second-order valence-electron chi connectivity index (χ2n) is 7.63. The number of carbonyl (C=O) groups excluding carboxylic acids is 2. The van der Waals surface area contributed by atoms with Gasteiger partial charge in [0.15, 0.2) is 0 Å². The van der Waals surface area contributed by atoms with Crippen LogP contribution in [-0.2, 0) is 16.1 Å². The fraction of sp³-hybridized carbons (Fsp3) is 0.364. The van der Waals surface area contributed by atoms with Crippen molar-refractivity contribution in [3.8, 4) is 5.75 Å². The molecule has 2 amide bonds. The lowest BCUT2D eigenvalue weighted by molar-refractivity contribution is -0.129. The van der Waals surface area contributed by atoms with E-state index in [0.717, 1.165) is 11.1 Å². The van der Waals surface area contributed by atoms with E-state index in [1.54, 1.807) is 19.1 Å². The van der Waals surface area contributed by atoms with Crippen LogP contribution in [0.3, 0.4) is 0 Å². The summed E-state index contributed by atoms with van der Waals surface area (Å²) in [4.78, 5) is 26.7. The third-order valence-corrected chi connectivity index (χ3v) is 5.79. The second-order valence-corrected chi connectivity index (χ2v) is 8.06. The molecule has 0 saturated carbocycles. The Hall–Kier alpha value is -2.28. The van der Waals surface area contributed by atoms with Crippen molar-refractivity contribution < 1.29 is 14.7 Å². The highest BCUT2D eigenvalue weighted by atomic mass is 35.5. The van der Waals surface area contributed by atoms with Gasteiger partial charge in [-0.3, -0.25) is 14.5 Å². The van der Waals surface area contributed by atoms with E-state index in [1.807, 2.05) is 30.0 Å². The molecule has 0 spiro atoms. The number of likely N-dealkylation sites (tertiary alicyclic amines) is 1. The molecule has 1 aliphatic heterocycles. The van der Waals surface area contributed by atoms with Gasteiger partial charge in [0.1, 0.15) is 5.75 Å². The van der Waals surface area contributed by atoms with Crippen LogP contribution in [-0.4, -0.2) is 40.4 Å². The Morgan fingerprint density at radius 2 is 2.03 bits per heavy atom. The van der Waals surface area contributed by atoms with E-state index in [-0.39, 0.29) is 36.5 Å². The van der Waals surface area contributed by atoms with Gasteiger partial charge >= 0.3 is 0 Å². The Morgan fingerprint density at radius 3 is 2.70 bits per heavy atom. The van der Waals surface area contributed by atoms with Crippen molar-refractivity contribution in [2.75, 3.05) is 6.54 Å². The molecule has 2 aromatic rings. The number of nitrogens with zero attached hydrogens (tertiary/aromatic N) is 1. The first-order chi connectivity index (χ1) is 13.8. The molecule has 30 heavy (non-hydrogen) atoms. The summed E-state index contributed by atoms with van der Waals surface area (Å²) in [5, 5.41) is 13.2. The number of nitrogens with two attached hydrogens (primary N) is 1. The topological polar surface area (TPSA) is 95.7 Å². The zero-order valence-electron chi connectivity index (χ0n) is 17.0. The predicted molar refractivity (Wildman–Crippen MR) is 120 cm³/mol. The van der Waals surface area contributed by atoms with Gasteiger partial charge in [0.2, 0.25) is 11.8 Å². The highest BCUT2D eigenvalue weighted by molar-refractivity contribution is 6.30. The molecule has 6 nitrogen and oxygen atoms in total. The third kappa shape index (κ3) is 5.45. The number of halogens is 2. The number of rotatable bonds is 6. The molecule has 0 aromatic heterocycles. The molecule has 1 heterocycles. The minimum absolute atomic E-state index is 0. The number of primary amides is 1. The number of phenolic OH excluding ortho intramolecular Hbond substituents is 1. The molecule has 0 aliphatic carbocycles. The molecule has 2 unspecified atom stereocenters. The van der Waals surface area contributed by atoms with Gasteiger partial charge in [0, 0.05) is 23.7 Å². The van der Waals surface area contributed by atoms with E-state index in [2.05, 4.69) is 11.4 Å². The van der Waals surface area contributed by atoms with Crippen molar-refractivity contribution in [2.45, 2.75) is 44.8 Å². The molecule has 2 aromatic carbocycles. The maximum absolute atomic E-state index is 12.7. The molecule has 3 rings (SSSR count). The van der Waals surface area contributed by atoms with Gasteiger partial charge in [0.25, 0.3) is 0 Å². The Kier molecular flexibility index (Phi) is 8.12. The van der Waals surface area contributed by atoms with Crippen molar-refractivity contribution in [3.63, 3.8) is 0 Å². The lowest BCUT2D eigenvalue weighted by Gasteiger charge is -2.28. The average Bonchev–Trinajstić information content (AvgIpc) is 3.13. The number of benzene rings is 2. The smallest absolute Gasteiger partial charge is 0.237 e. The Labute approximate surface area is 187 Å². The van der Waals surface area contributed by atoms with E-state index < -0.39 is 18.0 Å². The van der Waals surface area contributed by atoms with E-state index in [4.69, 9.17) is 17.3 Å². The number of hydrogen-bond acceptors (Lipinski definition) is 4. The van der Waals surface area contributed by atoms with Crippen LogP contribution in [0.2, 0.25) is 5.02 Å². The third-order valence-electron chi connectivity index (χ3n) is 5.55. The van der Waals surface area contributed by atoms with Gasteiger partial charge in [-0.2, -0.15) is 0 Å². The normalized spacial score (nSPS) is 19.7. The van der Waals surface area contributed by atoms with Crippen LogP contribution >= 0.6 is 24.0 Å². The van der Waals surface area contributed by atoms with Crippen molar-refractivity contribution in [1.29, 1.82) is 0 Å². The summed E-state index contributed by atoms with van der Waals surface area (Å²) >= 11 is 5.95. The fourth-order valence-electron chi connectivity index (χ4n) is 3.91. The first-order valence-electron chi connectivity index (χ1n) is 9.63. The minimum atomic E-state index is -0.538. The van der Waals surface area contributed by atoms with E-state index in [1.165, 1.54) is 6.07 Å². The highest BCUT2D eigenvalue weighted by Gasteiger charge is 2.40. The summed E-state index contributed by atoms with van der Waals surface area (Å²) in [6, 6.07) is 11.8. The standard InChI is InChI=1S/C22H26ClN3O3.ClH/c1-13-4-3-5-15(8-13)17-10-19(21(24)28)26(12-17)14(2)22(29)25-11-16-9-18(23)6-7-20(16)27;/h3-9,14,17,19,27H,10-12H2,1-2H3,(H2,24,28)(H,25,29);1H/t14-,17?,19?;/m0./s1. The van der Waals surface area contributed by atoms with Crippen LogP contribution in [0, 0.1) is 6.92 Å². The summed E-state index contributed by atoms with van der Waals surface area (Å²) in [7, 11) is 0. The molecule has 4 N–H and O–H groups in total. The number of aromatic hydroxyl groups is 1. The number of amides is 2. The maximum Gasteiger partial charge on any atom is 0.237 e. The minimum Gasteiger partial charge on any atom is -0.508 e. The largest absolute Gasteiger partial charge is 0.508 e. The Bertz CT molecular complexity index is 922. The van der Waals surface area contributed by atoms with Crippen LogP contribution in [0.25, 0.3) is 0 Å².